The fourth-order valence-electron chi connectivity index (χ4n) is 2.14. The highest BCUT2D eigenvalue weighted by molar-refractivity contribution is 6.30. The maximum atomic E-state index is 5.87. The number of likely N-dealkylation sites (N-methyl/N-ethyl adjacent to an activating group) is 1. The molecule has 6 heteroatoms. The van der Waals surface area contributed by atoms with E-state index in [0.717, 1.165) is 31.1 Å². The Balaban J connectivity index is 1.94. The van der Waals surface area contributed by atoms with Crippen LogP contribution < -0.4 is 10.1 Å². The van der Waals surface area contributed by atoms with Gasteiger partial charge in [0, 0.05) is 24.0 Å². The fraction of sp³-hybridized carbons (Fsp3) is 0.467. The van der Waals surface area contributed by atoms with E-state index in [1.165, 1.54) is 0 Å². The number of aryl methyl sites for hydroxylation is 1. The molecule has 0 aliphatic heterocycles. The third-order valence-corrected chi connectivity index (χ3v) is 3.43. The van der Waals surface area contributed by atoms with E-state index < -0.39 is 0 Å². The van der Waals surface area contributed by atoms with Crippen LogP contribution in [0.15, 0.2) is 30.6 Å². The second-order valence-corrected chi connectivity index (χ2v) is 5.15. The van der Waals surface area contributed by atoms with Crippen LogP contribution in [0.3, 0.4) is 0 Å². The number of nitrogens with one attached hydrogen (secondary N) is 1. The molecule has 21 heavy (non-hydrogen) atoms. The molecular formula is C15H21ClN4O. The Hall–Kier alpha value is -1.59. The van der Waals surface area contributed by atoms with E-state index in [9.17, 15) is 0 Å². The summed E-state index contributed by atoms with van der Waals surface area (Å²) in [6, 6.07) is 7.60. The van der Waals surface area contributed by atoms with E-state index in [2.05, 4.69) is 29.2 Å². The minimum Gasteiger partial charge on any atom is -0.492 e. The second kappa shape index (κ2) is 8.00. The summed E-state index contributed by atoms with van der Waals surface area (Å²) in [5, 5.41) is 8.33. The number of ether oxygens (including phenoxy) is 1. The van der Waals surface area contributed by atoms with Gasteiger partial charge in [-0.2, -0.15) is 5.10 Å². The molecular weight excluding hydrogens is 288 g/mol. The summed E-state index contributed by atoms with van der Waals surface area (Å²) in [5.41, 5.74) is 0. The van der Waals surface area contributed by atoms with Gasteiger partial charge in [-0.3, -0.25) is 4.68 Å². The van der Waals surface area contributed by atoms with Gasteiger partial charge < -0.3 is 10.1 Å². The Bertz CT molecular complexity index is 541. The molecule has 0 saturated carbocycles. The fourth-order valence-corrected chi connectivity index (χ4v) is 2.26. The van der Waals surface area contributed by atoms with Crippen LogP contribution in [0, 0.1) is 0 Å². The molecule has 1 unspecified atom stereocenters. The number of rotatable bonds is 8. The number of nitrogens with zero attached hydrogens (tertiary/aromatic N) is 3. The largest absolute Gasteiger partial charge is 0.492 e. The smallest absolute Gasteiger partial charge is 0.138 e. The summed E-state index contributed by atoms with van der Waals surface area (Å²) >= 11 is 5.87. The summed E-state index contributed by atoms with van der Waals surface area (Å²) < 4.78 is 7.73. The molecule has 0 aliphatic carbocycles. The lowest BCUT2D eigenvalue weighted by atomic mass is 10.2. The lowest BCUT2D eigenvalue weighted by molar-refractivity contribution is 0.262. The lowest BCUT2D eigenvalue weighted by Gasteiger charge is -2.18. The van der Waals surface area contributed by atoms with Gasteiger partial charge in [0.15, 0.2) is 0 Å². The van der Waals surface area contributed by atoms with Crippen LogP contribution in [0.25, 0.3) is 0 Å². The average molecular weight is 309 g/mol. The average Bonchev–Trinajstić information content (AvgIpc) is 2.94. The first-order valence-electron chi connectivity index (χ1n) is 7.21. The first-order valence-corrected chi connectivity index (χ1v) is 7.59. The van der Waals surface area contributed by atoms with Crippen molar-refractivity contribution in [2.75, 3.05) is 13.2 Å². The summed E-state index contributed by atoms with van der Waals surface area (Å²) in [5.74, 6) is 1.79. The minimum absolute atomic E-state index is 0.195. The molecule has 0 amide bonds. The maximum absolute atomic E-state index is 5.87. The molecule has 5 nitrogen and oxygen atoms in total. The first-order chi connectivity index (χ1) is 10.2. The van der Waals surface area contributed by atoms with Crippen LogP contribution >= 0.6 is 11.6 Å². The van der Waals surface area contributed by atoms with Crippen molar-refractivity contribution in [2.24, 2.45) is 0 Å². The zero-order chi connectivity index (χ0) is 15.1. The molecule has 1 aromatic carbocycles. The van der Waals surface area contributed by atoms with Crippen molar-refractivity contribution in [1.82, 2.24) is 20.1 Å². The van der Waals surface area contributed by atoms with Gasteiger partial charge in [0.2, 0.25) is 0 Å². The summed E-state index contributed by atoms with van der Waals surface area (Å²) in [6.45, 7) is 6.43. The van der Waals surface area contributed by atoms with Gasteiger partial charge in [0.25, 0.3) is 0 Å². The third kappa shape index (κ3) is 4.72. The zero-order valence-electron chi connectivity index (χ0n) is 12.4. The number of benzene rings is 1. The van der Waals surface area contributed by atoms with Crippen molar-refractivity contribution in [3.05, 3.63) is 41.4 Å². The molecule has 0 bridgehead atoms. The highest BCUT2D eigenvalue weighted by Gasteiger charge is 2.13. The Morgan fingerprint density at radius 2 is 2.05 bits per heavy atom. The third-order valence-electron chi connectivity index (χ3n) is 3.18. The Kier molecular flexibility index (Phi) is 6.02. The molecule has 0 spiro atoms. The van der Waals surface area contributed by atoms with Gasteiger partial charge in [0.1, 0.15) is 24.5 Å². The SMILES string of the molecule is CCNC(COc1ccc(Cl)cc1)Cc1ncnn1CC. The Labute approximate surface area is 130 Å². The van der Waals surface area contributed by atoms with Gasteiger partial charge in [-0.1, -0.05) is 18.5 Å². The van der Waals surface area contributed by atoms with Crippen molar-refractivity contribution >= 4 is 11.6 Å². The van der Waals surface area contributed by atoms with Gasteiger partial charge in [-0.05, 0) is 37.7 Å². The van der Waals surface area contributed by atoms with Gasteiger partial charge >= 0.3 is 0 Å². The molecule has 0 fully saturated rings. The van der Waals surface area contributed by atoms with E-state index in [0.29, 0.717) is 11.6 Å². The molecule has 1 heterocycles. The van der Waals surface area contributed by atoms with Crippen LogP contribution in [0.5, 0.6) is 5.75 Å². The van der Waals surface area contributed by atoms with Crippen molar-refractivity contribution in [1.29, 1.82) is 0 Å². The van der Waals surface area contributed by atoms with Crippen LogP contribution in [0.1, 0.15) is 19.7 Å². The maximum Gasteiger partial charge on any atom is 0.138 e. The molecule has 2 aromatic rings. The van der Waals surface area contributed by atoms with Crippen LogP contribution in [0.4, 0.5) is 0 Å². The van der Waals surface area contributed by atoms with Gasteiger partial charge in [0.05, 0.1) is 0 Å². The molecule has 0 radical (unpaired) electrons. The quantitative estimate of drug-likeness (QED) is 0.814. The highest BCUT2D eigenvalue weighted by Crippen LogP contribution is 2.16. The van der Waals surface area contributed by atoms with Crippen molar-refractivity contribution in [2.45, 2.75) is 32.9 Å². The Morgan fingerprint density at radius 3 is 2.71 bits per heavy atom. The Morgan fingerprint density at radius 1 is 1.29 bits per heavy atom. The molecule has 1 aromatic heterocycles. The summed E-state index contributed by atoms with van der Waals surface area (Å²) in [7, 11) is 0. The summed E-state index contributed by atoms with van der Waals surface area (Å²) in [6.07, 6.45) is 2.39. The molecule has 1 N–H and O–H groups in total. The lowest BCUT2D eigenvalue weighted by Crippen LogP contribution is -2.37. The van der Waals surface area contributed by atoms with Crippen LogP contribution in [0.2, 0.25) is 5.02 Å². The molecule has 1 atom stereocenters. The van der Waals surface area contributed by atoms with E-state index in [1.54, 1.807) is 6.33 Å². The number of halogens is 1. The molecule has 0 saturated heterocycles. The minimum atomic E-state index is 0.195. The first kappa shape index (κ1) is 15.8. The number of aromatic nitrogens is 3. The predicted octanol–water partition coefficient (Wildman–Crippen LogP) is 2.55. The predicted molar refractivity (Wildman–Crippen MR) is 83.8 cm³/mol. The molecule has 0 aliphatic rings. The van der Waals surface area contributed by atoms with E-state index in [4.69, 9.17) is 16.3 Å². The van der Waals surface area contributed by atoms with Gasteiger partial charge in [-0.25, -0.2) is 4.98 Å². The number of hydrogen-bond donors (Lipinski definition) is 1. The van der Waals surface area contributed by atoms with E-state index in [-0.39, 0.29) is 6.04 Å². The van der Waals surface area contributed by atoms with Gasteiger partial charge in [-0.15, -0.1) is 0 Å². The van der Waals surface area contributed by atoms with Crippen LogP contribution in [-0.2, 0) is 13.0 Å². The van der Waals surface area contributed by atoms with Crippen molar-refractivity contribution in [3.8, 4) is 5.75 Å². The zero-order valence-corrected chi connectivity index (χ0v) is 13.2. The van der Waals surface area contributed by atoms with Crippen LogP contribution in [-0.4, -0.2) is 34.0 Å². The molecule has 2 rings (SSSR count). The topological polar surface area (TPSA) is 52.0 Å². The van der Waals surface area contributed by atoms with E-state index >= 15 is 0 Å². The normalized spacial score (nSPS) is 12.3. The second-order valence-electron chi connectivity index (χ2n) is 4.72. The standard InChI is InChI=1S/C15H21ClN4O/c1-3-17-13(9-15-18-11-19-20(15)4-2)10-21-14-7-5-12(16)6-8-14/h5-8,11,13,17H,3-4,9-10H2,1-2H3. The summed E-state index contributed by atoms with van der Waals surface area (Å²) in [4.78, 5) is 4.31. The van der Waals surface area contributed by atoms with Crippen molar-refractivity contribution in [3.63, 3.8) is 0 Å². The monoisotopic (exact) mass is 308 g/mol. The van der Waals surface area contributed by atoms with E-state index in [1.807, 2.05) is 28.9 Å². The van der Waals surface area contributed by atoms with Crippen molar-refractivity contribution < 1.29 is 4.74 Å². The number of hydrogen-bond acceptors (Lipinski definition) is 4. The molecule has 114 valence electrons. The highest BCUT2D eigenvalue weighted by atomic mass is 35.5.